The zero-order chi connectivity index (χ0) is 13.3. The zero-order valence-corrected chi connectivity index (χ0v) is 14.7. The Balaban J connectivity index is -0.000000609. The molecule has 0 aliphatic heterocycles. The summed E-state index contributed by atoms with van der Waals surface area (Å²) >= 11 is 0. The predicted octanol–water partition coefficient (Wildman–Crippen LogP) is 5.05. The Kier molecular flexibility index (Phi) is 13.1. The van der Waals surface area contributed by atoms with E-state index in [0.29, 0.717) is 12.3 Å². The molecular formula is C15H30INO. The van der Waals surface area contributed by atoms with Gasteiger partial charge in [0.15, 0.2) is 0 Å². The molecule has 2 nitrogen and oxygen atoms in total. The number of rotatable bonds is 4. The Labute approximate surface area is 131 Å². The molecule has 1 atom stereocenters. The van der Waals surface area contributed by atoms with Crippen molar-refractivity contribution in [1.29, 1.82) is 0 Å². The average Bonchev–Trinajstić information content (AvgIpc) is 2.40. The van der Waals surface area contributed by atoms with Gasteiger partial charge >= 0.3 is 0 Å². The topological polar surface area (TPSA) is 29.1 Å². The minimum atomic E-state index is 0. The van der Waals surface area contributed by atoms with Crippen LogP contribution in [0.5, 0.6) is 0 Å². The van der Waals surface area contributed by atoms with E-state index in [-0.39, 0.29) is 31.3 Å². The monoisotopic (exact) mass is 367 g/mol. The number of carbonyl (C=O) groups excluding carboxylic acids is 1. The number of hydrogen-bond acceptors (Lipinski definition) is 1. The fourth-order valence-electron chi connectivity index (χ4n) is 2.07. The SMILES string of the molecule is CC.CCC(=O)NC1=C(CC)C(CC)CC=C1.I.[HH]. The van der Waals surface area contributed by atoms with Crippen LogP contribution in [0.15, 0.2) is 23.4 Å². The van der Waals surface area contributed by atoms with Gasteiger partial charge in [0.1, 0.15) is 0 Å². The number of carbonyl (C=O) groups is 1. The van der Waals surface area contributed by atoms with Crippen LogP contribution >= 0.6 is 24.0 Å². The summed E-state index contributed by atoms with van der Waals surface area (Å²) in [5.74, 6) is 0.726. The van der Waals surface area contributed by atoms with Crippen LogP contribution in [-0.4, -0.2) is 5.91 Å². The molecule has 0 aromatic carbocycles. The summed E-state index contributed by atoms with van der Waals surface area (Å²) in [4.78, 5) is 11.4. The van der Waals surface area contributed by atoms with Crippen molar-refractivity contribution in [1.82, 2.24) is 5.32 Å². The third kappa shape index (κ3) is 6.03. The molecule has 0 spiro atoms. The maximum atomic E-state index is 11.4. The molecule has 108 valence electrons. The van der Waals surface area contributed by atoms with Gasteiger partial charge in [0, 0.05) is 13.5 Å². The molecule has 1 rings (SSSR count). The normalized spacial score (nSPS) is 17.5. The van der Waals surface area contributed by atoms with Gasteiger partial charge in [-0.25, -0.2) is 0 Å². The number of allylic oxidation sites excluding steroid dienone is 3. The number of nitrogens with one attached hydrogen (secondary N) is 1. The van der Waals surface area contributed by atoms with Crippen LogP contribution in [-0.2, 0) is 4.79 Å². The fraction of sp³-hybridized carbons (Fsp3) is 0.667. The Morgan fingerprint density at radius 1 is 1.39 bits per heavy atom. The molecule has 1 unspecified atom stereocenters. The van der Waals surface area contributed by atoms with Gasteiger partial charge in [0.2, 0.25) is 5.91 Å². The van der Waals surface area contributed by atoms with Gasteiger partial charge in [-0.1, -0.05) is 40.7 Å². The molecule has 0 saturated heterocycles. The standard InChI is InChI=1S/C13H21NO.C2H6.HI.H2/c1-4-10-8-7-9-12(11(10)5-2)14-13(15)6-3;1-2;;/h7,9-10H,4-6,8H2,1-3H3,(H,14,15);1-2H3;2*1H. The summed E-state index contributed by atoms with van der Waals surface area (Å²) in [7, 11) is 0. The molecule has 1 amide bonds. The third-order valence-electron chi connectivity index (χ3n) is 3.01. The van der Waals surface area contributed by atoms with Crippen LogP contribution in [0.4, 0.5) is 0 Å². The van der Waals surface area contributed by atoms with Crippen molar-refractivity contribution >= 4 is 29.9 Å². The van der Waals surface area contributed by atoms with Crippen LogP contribution in [0.3, 0.4) is 0 Å². The van der Waals surface area contributed by atoms with Crippen molar-refractivity contribution in [3.8, 4) is 0 Å². The van der Waals surface area contributed by atoms with Crippen molar-refractivity contribution in [2.45, 2.75) is 60.3 Å². The molecule has 0 bridgehead atoms. The maximum Gasteiger partial charge on any atom is 0.224 e. The molecule has 0 radical (unpaired) electrons. The van der Waals surface area contributed by atoms with Crippen LogP contribution in [0.1, 0.15) is 61.7 Å². The van der Waals surface area contributed by atoms with E-state index in [1.54, 1.807) is 0 Å². The van der Waals surface area contributed by atoms with Crippen molar-refractivity contribution in [2.75, 3.05) is 0 Å². The van der Waals surface area contributed by atoms with Crippen molar-refractivity contribution < 1.29 is 6.22 Å². The van der Waals surface area contributed by atoms with Gasteiger partial charge in [-0.05, 0) is 36.8 Å². The summed E-state index contributed by atoms with van der Waals surface area (Å²) in [6.07, 6.45) is 8.06. The largest absolute Gasteiger partial charge is 0.326 e. The quantitative estimate of drug-likeness (QED) is 0.692. The van der Waals surface area contributed by atoms with Crippen LogP contribution in [0.2, 0.25) is 0 Å². The summed E-state index contributed by atoms with van der Waals surface area (Å²) in [6, 6.07) is 0. The average molecular weight is 367 g/mol. The van der Waals surface area contributed by atoms with E-state index in [2.05, 4.69) is 31.3 Å². The highest BCUT2D eigenvalue weighted by molar-refractivity contribution is 14.0. The van der Waals surface area contributed by atoms with E-state index >= 15 is 0 Å². The molecule has 0 aromatic rings. The first-order valence-electron chi connectivity index (χ1n) is 6.92. The van der Waals surface area contributed by atoms with Gasteiger partial charge in [0.25, 0.3) is 0 Å². The highest BCUT2D eigenvalue weighted by atomic mass is 127. The molecule has 0 heterocycles. The molecule has 18 heavy (non-hydrogen) atoms. The second-order valence-corrected chi connectivity index (χ2v) is 3.94. The first-order valence-corrected chi connectivity index (χ1v) is 6.92. The molecule has 0 saturated carbocycles. The Hall–Kier alpha value is -0.320. The smallest absolute Gasteiger partial charge is 0.224 e. The second kappa shape index (κ2) is 11.8. The number of hydrogen-bond donors (Lipinski definition) is 1. The number of halogens is 1. The summed E-state index contributed by atoms with van der Waals surface area (Å²) in [5.41, 5.74) is 2.45. The minimum absolute atomic E-state index is 0. The molecule has 1 aliphatic carbocycles. The highest BCUT2D eigenvalue weighted by Crippen LogP contribution is 2.29. The van der Waals surface area contributed by atoms with Crippen molar-refractivity contribution in [2.24, 2.45) is 5.92 Å². The van der Waals surface area contributed by atoms with Gasteiger partial charge in [-0.3, -0.25) is 4.79 Å². The minimum Gasteiger partial charge on any atom is -0.326 e. The first-order chi connectivity index (χ1) is 8.22. The summed E-state index contributed by atoms with van der Waals surface area (Å²) in [6.45, 7) is 10.2. The van der Waals surface area contributed by atoms with E-state index in [4.69, 9.17) is 0 Å². The van der Waals surface area contributed by atoms with Crippen molar-refractivity contribution in [3.05, 3.63) is 23.4 Å². The van der Waals surface area contributed by atoms with E-state index < -0.39 is 0 Å². The molecule has 1 N–H and O–H groups in total. The van der Waals surface area contributed by atoms with Gasteiger partial charge in [-0.2, -0.15) is 0 Å². The lowest BCUT2D eigenvalue weighted by Gasteiger charge is -2.23. The van der Waals surface area contributed by atoms with Gasteiger partial charge < -0.3 is 5.32 Å². The van der Waals surface area contributed by atoms with Gasteiger partial charge in [-0.15, -0.1) is 24.0 Å². The maximum absolute atomic E-state index is 11.4. The van der Waals surface area contributed by atoms with Crippen molar-refractivity contribution in [3.63, 3.8) is 0 Å². The predicted molar refractivity (Wildman–Crippen MR) is 92.2 cm³/mol. The zero-order valence-electron chi connectivity index (χ0n) is 12.4. The molecular weight excluding hydrogens is 337 g/mol. The Bertz CT molecular complexity index is 301. The Morgan fingerprint density at radius 2 is 2.00 bits per heavy atom. The lowest BCUT2D eigenvalue weighted by Crippen LogP contribution is -2.25. The Morgan fingerprint density at radius 3 is 2.44 bits per heavy atom. The third-order valence-corrected chi connectivity index (χ3v) is 3.01. The second-order valence-electron chi connectivity index (χ2n) is 3.94. The summed E-state index contributed by atoms with van der Waals surface area (Å²) < 4.78 is 0. The van der Waals surface area contributed by atoms with Gasteiger partial charge in [0.05, 0.1) is 0 Å². The molecule has 0 fully saturated rings. The first kappa shape index (κ1) is 20.0. The van der Waals surface area contributed by atoms with E-state index in [9.17, 15) is 4.79 Å². The molecule has 1 aliphatic rings. The number of amides is 1. The molecule has 3 heteroatoms. The van der Waals surface area contributed by atoms with E-state index in [1.807, 2.05) is 20.8 Å². The van der Waals surface area contributed by atoms with E-state index in [1.165, 1.54) is 5.57 Å². The fourth-order valence-corrected chi connectivity index (χ4v) is 2.07. The lowest BCUT2D eigenvalue weighted by atomic mass is 9.86. The van der Waals surface area contributed by atoms with Crippen LogP contribution in [0, 0.1) is 5.92 Å². The van der Waals surface area contributed by atoms with Crippen LogP contribution in [0.25, 0.3) is 0 Å². The lowest BCUT2D eigenvalue weighted by molar-refractivity contribution is -0.120. The molecule has 0 aromatic heterocycles. The van der Waals surface area contributed by atoms with Crippen LogP contribution < -0.4 is 5.32 Å². The van der Waals surface area contributed by atoms with E-state index in [0.717, 1.165) is 25.0 Å². The highest BCUT2D eigenvalue weighted by Gasteiger charge is 2.17. The summed E-state index contributed by atoms with van der Waals surface area (Å²) in [5, 5.41) is 2.99.